The van der Waals surface area contributed by atoms with Gasteiger partial charge in [-0.05, 0) is 62.0 Å². The molecule has 0 saturated heterocycles. The smallest absolute Gasteiger partial charge is 0.389 e. The minimum Gasteiger partial charge on any atom is -0.481 e. The fourth-order valence-corrected chi connectivity index (χ4v) is 4.49. The molecule has 0 bridgehead atoms. The van der Waals surface area contributed by atoms with E-state index in [0.29, 0.717) is 19.3 Å². The van der Waals surface area contributed by atoms with E-state index < -0.39 is 24.5 Å². The van der Waals surface area contributed by atoms with E-state index in [1.54, 1.807) is 0 Å². The number of carbonyl (C=O) groups is 2. The largest absolute Gasteiger partial charge is 0.481 e. The first-order valence-corrected chi connectivity index (χ1v) is 12.8. The number of hydrogen-bond acceptors (Lipinski definition) is 2. The standard InChI is InChI=1S/C27H41F3O4/c28-27(29,30)21-11-7-5-3-1-2-4-6-8-14-22-15-9-10-18-24(22)23(16-12-19-25(31)32)17-13-20-26(33)34/h9-10,15,18,23H,1-8,11-14,16-17,19-21H2,(H,31,32)(H,33,34). The van der Waals surface area contributed by atoms with Gasteiger partial charge in [-0.15, -0.1) is 0 Å². The molecular weight excluding hydrogens is 445 g/mol. The predicted molar refractivity (Wildman–Crippen MR) is 128 cm³/mol. The second-order valence-electron chi connectivity index (χ2n) is 9.26. The fourth-order valence-electron chi connectivity index (χ4n) is 4.49. The lowest BCUT2D eigenvalue weighted by Gasteiger charge is -2.20. The van der Waals surface area contributed by atoms with Crippen molar-refractivity contribution in [3.63, 3.8) is 0 Å². The van der Waals surface area contributed by atoms with Gasteiger partial charge in [0.15, 0.2) is 0 Å². The van der Waals surface area contributed by atoms with Gasteiger partial charge in [0, 0.05) is 19.3 Å². The van der Waals surface area contributed by atoms with Crippen LogP contribution in [0.25, 0.3) is 0 Å². The van der Waals surface area contributed by atoms with Gasteiger partial charge in [0.1, 0.15) is 0 Å². The third kappa shape index (κ3) is 15.7. The van der Waals surface area contributed by atoms with E-state index in [-0.39, 0.29) is 25.2 Å². The first kappa shape index (κ1) is 30.0. The van der Waals surface area contributed by atoms with Crippen molar-refractivity contribution in [1.29, 1.82) is 0 Å². The Bertz CT molecular complexity index is 683. The van der Waals surface area contributed by atoms with Gasteiger partial charge >= 0.3 is 18.1 Å². The molecule has 4 nitrogen and oxygen atoms in total. The summed E-state index contributed by atoms with van der Waals surface area (Å²) in [6.45, 7) is 0. The zero-order valence-corrected chi connectivity index (χ0v) is 20.3. The number of carboxylic acids is 2. The fraction of sp³-hybridized carbons (Fsp3) is 0.704. The maximum atomic E-state index is 12.1. The van der Waals surface area contributed by atoms with E-state index in [1.165, 1.54) is 11.1 Å². The van der Waals surface area contributed by atoms with Crippen molar-refractivity contribution in [1.82, 2.24) is 0 Å². The Morgan fingerprint density at radius 1 is 0.706 bits per heavy atom. The second kappa shape index (κ2) is 17.4. The van der Waals surface area contributed by atoms with Crippen molar-refractivity contribution in [2.24, 2.45) is 0 Å². The summed E-state index contributed by atoms with van der Waals surface area (Å²) < 4.78 is 36.4. The Kier molecular flexibility index (Phi) is 15.3. The summed E-state index contributed by atoms with van der Waals surface area (Å²) in [5.41, 5.74) is 2.49. The highest BCUT2D eigenvalue weighted by Gasteiger charge is 2.25. The first-order valence-electron chi connectivity index (χ1n) is 12.8. The minimum atomic E-state index is -4.03. The minimum absolute atomic E-state index is 0.125. The van der Waals surface area contributed by atoms with Crippen LogP contribution >= 0.6 is 0 Å². The van der Waals surface area contributed by atoms with E-state index in [0.717, 1.165) is 64.2 Å². The monoisotopic (exact) mass is 486 g/mol. The van der Waals surface area contributed by atoms with Gasteiger partial charge in [-0.2, -0.15) is 13.2 Å². The molecule has 0 aliphatic heterocycles. The van der Waals surface area contributed by atoms with E-state index >= 15 is 0 Å². The molecule has 0 radical (unpaired) electrons. The normalized spacial score (nSPS) is 11.8. The summed E-state index contributed by atoms with van der Waals surface area (Å²) in [5.74, 6) is -1.44. The summed E-state index contributed by atoms with van der Waals surface area (Å²) in [4.78, 5) is 21.8. The molecular formula is C27H41F3O4. The Labute approximate surface area is 202 Å². The zero-order chi connectivity index (χ0) is 25.2. The number of aryl methyl sites for hydroxylation is 1. The SMILES string of the molecule is O=C(O)CCCC(CCCC(=O)O)c1ccccc1CCCCCCCCCCCC(F)(F)F. The van der Waals surface area contributed by atoms with E-state index in [2.05, 4.69) is 12.1 Å². The Balaban J connectivity index is 2.38. The third-order valence-corrected chi connectivity index (χ3v) is 6.29. The van der Waals surface area contributed by atoms with Gasteiger partial charge < -0.3 is 10.2 Å². The van der Waals surface area contributed by atoms with Gasteiger partial charge in [-0.1, -0.05) is 69.2 Å². The molecule has 0 atom stereocenters. The summed E-state index contributed by atoms with van der Waals surface area (Å²) in [7, 11) is 0. The maximum absolute atomic E-state index is 12.1. The number of rotatable bonds is 20. The molecule has 0 heterocycles. The highest BCUT2D eigenvalue weighted by molar-refractivity contribution is 5.66. The van der Waals surface area contributed by atoms with Crippen molar-refractivity contribution in [3.05, 3.63) is 35.4 Å². The van der Waals surface area contributed by atoms with Crippen LogP contribution in [0.4, 0.5) is 13.2 Å². The molecule has 0 aliphatic rings. The number of hydrogen-bond donors (Lipinski definition) is 2. The molecule has 2 N–H and O–H groups in total. The summed E-state index contributed by atoms with van der Waals surface area (Å²) in [6, 6.07) is 8.23. The van der Waals surface area contributed by atoms with Crippen molar-refractivity contribution >= 4 is 11.9 Å². The van der Waals surface area contributed by atoms with Crippen LogP contribution in [-0.2, 0) is 16.0 Å². The van der Waals surface area contributed by atoms with Crippen LogP contribution in [0.1, 0.15) is 120 Å². The molecule has 1 aromatic carbocycles. The first-order chi connectivity index (χ1) is 16.2. The maximum Gasteiger partial charge on any atom is 0.389 e. The van der Waals surface area contributed by atoms with Crippen LogP contribution in [-0.4, -0.2) is 28.3 Å². The zero-order valence-electron chi connectivity index (χ0n) is 20.3. The van der Waals surface area contributed by atoms with Crippen molar-refractivity contribution in [2.75, 3.05) is 0 Å². The van der Waals surface area contributed by atoms with Crippen LogP contribution in [0.15, 0.2) is 24.3 Å². The van der Waals surface area contributed by atoms with E-state index in [4.69, 9.17) is 10.2 Å². The number of benzene rings is 1. The lowest BCUT2D eigenvalue weighted by molar-refractivity contribution is -0.138. The molecule has 0 aromatic heterocycles. The molecule has 0 spiro atoms. The van der Waals surface area contributed by atoms with Crippen LogP contribution in [0.5, 0.6) is 0 Å². The Morgan fingerprint density at radius 2 is 1.18 bits per heavy atom. The van der Waals surface area contributed by atoms with Gasteiger partial charge in [-0.3, -0.25) is 9.59 Å². The number of carboxylic acid groups (broad SMARTS) is 2. The van der Waals surface area contributed by atoms with E-state index in [9.17, 15) is 22.8 Å². The highest BCUT2D eigenvalue weighted by atomic mass is 19.4. The number of unbranched alkanes of at least 4 members (excludes halogenated alkanes) is 8. The van der Waals surface area contributed by atoms with Crippen molar-refractivity contribution < 1.29 is 33.0 Å². The quantitative estimate of drug-likeness (QED) is 0.182. The molecule has 1 aromatic rings. The van der Waals surface area contributed by atoms with Crippen molar-refractivity contribution in [3.8, 4) is 0 Å². The van der Waals surface area contributed by atoms with E-state index in [1.807, 2.05) is 12.1 Å². The number of halogens is 3. The second-order valence-corrected chi connectivity index (χ2v) is 9.26. The van der Waals surface area contributed by atoms with Gasteiger partial charge in [0.05, 0.1) is 0 Å². The average molecular weight is 487 g/mol. The van der Waals surface area contributed by atoms with Crippen LogP contribution in [0.2, 0.25) is 0 Å². The van der Waals surface area contributed by atoms with Crippen LogP contribution < -0.4 is 0 Å². The molecule has 34 heavy (non-hydrogen) atoms. The molecule has 7 heteroatoms. The lowest BCUT2D eigenvalue weighted by atomic mass is 9.84. The highest BCUT2D eigenvalue weighted by Crippen LogP contribution is 2.31. The molecule has 194 valence electrons. The molecule has 0 saturated carbocycles. The lowest BCUT2D eigenvalue weighted by Crippen LogP contribution is -2.06. The van der Waals surface area contributed by atoms with Gasteiger partial charge in [0.2, 0.25) is 0 Å². The molecule has 0 fully saturated rings. The number of alkyl halides is 3. The van der Waals surface area contributed by atoms with Crippen molar-refractivity contribution in [2.45, 2.75) is 121 Å². The van der Waals surface area contributed by atoms with Gasteiger partial charge in [-0.25, -0.2) is 0 Å². The molecule has 0 unspecified atom stereocenters. The topological polar surface area (TPSA) is 74.6 Å². The predicted octanol–water partition coefficient (Wildman–Crippen LogP) is 8.29. The van der Waals surface area contributed by atoms with Crippen LogP contribution in [0.3, 0.4) is 0 Å². The average Bonchev–Trinajstić information content (AvgIpc) is 2.75. The Morgan fingerprint density at radius 3 is 1.68 bits per heavy atom. The molecule has 0 aliphatic carbocycles. The Hall–Kier alpha value is -2.05. The van der Waals surface area contributed by atoms with Crippen LogP contribution in [0, 0.1) is 0 Å². The van der Waals surface area contributed by atoms with Gasteiger partial charge in [0.25, 0.3) is 0 Å². The summed E-state index contributed by atoms with van der Waals surface area (Å²) >= 11 is 0. The number of aliphatic carboxylic acids is 2. The summed E-state index contributed by atoms with van der Waals surface area (Å²) in [5, 5.41) is 17.9. The molecule has 1 rings (SSSR count). The molecule has 0 amide bonds. The summed E-state index contributed by atoms with van der Waals surface area (Å²) in [6.07, 6.45) is 7.33. The third-order valence-electron chi connectivity index (χ3n) is 6.29.